The molecule has 10 nitrogen and oxygen atoms in total. The fraction of sp³-hybridized carbons (Fsp3) is 0.600. The minimum absolute atomic E-state index is 0.784. The molecule has 0 rings (SSSR count). The lowest BCUT2D eigenvalue weighted by molar-refractivity contribution is 0.534. The Morgan fingerprint density at radius 2 is 0.808 bits per heavy atom. The summed E-state index contributed by atoms with van der Waals surface area (Å²) in [5.74, 6) is 0. The standard InChI is InChI=1S/C5H12O10Si11/c1-5-16(6)17(7)18(8)19(9)20(10)21(11)22(12)23(13)24(14)25(15)26(2,3)4/h5H,1H2,2-4H3. The smallest absolute Gasteiger partial charge is 0.382 e. The highest BCUT2D eigenvalue weighted by atomic mass is 30.1. The van der Waals surface area contributed by atoms with Crippen molar-refractivity contribution in [3.8, 4) is 0 Å². The number of hydrogen-bond donors (Lipinski definition) is 0. The third-order valence-electron chi connectivity index (χ3n) is 2.74. The summed E-state index contributed by atoms with van der Waals surface area (Å²) in [5, 5.41) is 0. The van der Waals surface area contributed by atoms with Crippen LogP contribution in [0.1, 0.15) is 0 Å². The van der Waals surface area contributed by atoms with Gasteiger partial charge in [-0.2, -0.15) is 0 Å². The molecule has 0 saturated heterocycles. The van der Waals surface area contributed by atoms with Crippen molar-refractivity contribution in [1.29, 1.82) is 0 Å². The van der Waals surface area contributed by atoms with Crippen molar-refractivity contribution in [2.24, 2.45) is 0 Å². The maximum absolute atomic E-state index is 12.1. The zero-order chi connectivity index (χ0) is 21.0. The van der Waals surface area contributed by atoms with Gasteiger partial charge in [0.2, 0.25) is 0 Å². The quantitative estimate of drug-likeness (QED) is 0.247. The van der Waals surface area contributed by atoms with Crippen molar-refractivity contribution < 1.29 is 44.6 Å². The van der Waals surface area contributed by atoms with Crippen LogP contribution in [0.25, 0.3) is 0 Å². The Hall–Kier alpha value is 0.126. The molecule has 0 atom stereocenters. The molecule has 0 heterocycles. The lowest BCUT2D eigenvalue weighted by atomic mass is 11.3. The van der Waals surface area contributed by atoms with E-state index in [1.165, 1.54) is 0 Å². The molecule has 26 heavy (non-hydrogen) atoms. The van der Waals surface area contributed by atoms with E-state index >= 15 is 0 Å². The van der Waals surface area contributed by atoms with E-state index in [0.29, 0.717) is 0 Å². The van der Waals surface area contributed by atoms with Gasteiger partial charge in [-0.25, -0.2) is 0 Å². The van der Waals surface area contributed by atoms with E-state index < -0.39 is 85.3 Å². The lowest BCUT2D eigenvalue weighted by Gasteiger charge is -2.08. The molecule has 21 heteroatoms. The van der Waals surface area contributed by atoms with Crippen LogP contribution in [0.3, 0.4) is 0 Å². The van der Waals surface area contributed by atoms with Crippen LogP contribution < -0.4 is 0 Å². The maximum atomic E-state index is 12.1. The lowest BCUT2D eigenvalue weighted by Crippen LogP contribution is -2.55. The average molecular weight is 541 g/mol. The van der Waals surface area contributed by atoms with E-state index in [2.05, 4.69) is 6.58 Å². The zero-order valence-corrected chi connectivity index (χ0v) is 24.9. The minimum Gasteiger partial charge on any atom is -0.389 e. The van der Waals surface area contributed by atoms with Crippen molar-refractivity contribution in [3.63, 3.8) is 0 Å². The molecule has 0 amide bonds. The van der Waals surface area contributed by atoms with E-state index in [1.54, 1.807) is 19.6 Å². The Balaban J connectivity index is 5.42. The van der Waals surface area contributed by atoms with Crippen LogP contribution in [0, 0.1) is 0 Å². The van der Waals surface area contributed by atoms with E-state index in [0.717, 1.165) is 5.70 Å². The van der Waals surface area contributed by atoms with E-state index in [9.17, 15) is 44.6 Å². The molecule has 0 N–H and O–H groups in total. The van der Waals surface area contributed by atoms with E-state index in [4.69, 9.17) is 0 Å². The van der Waals surface area contributed by atoms with Crippen molar-refractivity contribution >= 4 is 85.3 Å². The molecule has 0 aromatic heterocycles. The molecule has 0 aliphatic heterocycles. The third-order valence-corrected chi connectivity index (χ3v) is 83.8. The van der Waals surface area contributed by atoms with Gasteiger partial charge in [0.15, 0.2) is 0 Å². The van der Waals surface area contributed by atoms with Crippen molar-refractivity contribution in [2.75, 3.05) is 0 Å². The molecular formula is C5H12O10Si11. The summed E-state index contributed by atoms with van der Waals surface area (Å²) in [6, 6.07) is 0. The minimum atomic E-state index is -3.77. The molecule has 0 aromatic carbocycles. The number of hydrogen-bond acceptors (Lipinski definition) is 10. The SMILES string of the molecule is C=C[Si](=O)[Si](=O)[Si](=O)[Si](=O)[Si](=O)[Si](=O)[Si](=O)[Si](=O)[Si](=O)[Si](=O)[Si](C)(C)C. The topological polar surface area (TPSA) is 171 Å². The first-order valence-corrected chi connectivity index (χ1v) is 34.4. The van der Waals surface area contributed by atoms with Gasteiger partial charge in [0.05, 0.1) is 0 Å². The first-order valence-electron chi connectivity index (χ1n) is 6.74. The molecule has 0 aliphatic rings. The summed E-state index contributed by atoms with van der Waals surface area (Å²) in [5.41, 5.74) is 0.784. The molecule has 136 valence electrons. The summed E-state index contributed by atoms with van der Waals surface area (Å²) in [4.78, 5) is 0. The molecule has 0 bridgehead atoms. The first kappa shape index (κ1) is 26.1. The van der Waals surface area contributed by atoms with Gasteiger partial charge in [-0.3, -0.25) is 0 Å². The predicted molar refractivity (Wildman–Crippen MR) is 97.9 cm³/mol. The molecule has 0 saturated carbocycles. The third kappa shape index (κ3) is 6.63. The highest BCUT2D eigenvalue weighted by molar-refractivity contribution is 7.78. The van der Waals surface area contributed by atoms with Gasteiger partial charge in [0.25, 0.3) is 0 Å². The van der Waals surface area contributed by atoms with Gasteiger partial charge in [-0.05, 0) is 5.70 Å². The Kier molecular flexibility index (Phi) is 10.7. The predicted octanol–water partition coefficient (Wildman–Crippen LogP) is -2.95. The Bertz CT molecular complexity index is 831. The highest BCUT2D eigenvalue weighted by Gasteiger charge is 2.52. The molecule has 0 spiro atoms. The van der Waals surface area contributed by atoms with Gasteiger partial charge in [-0.15, -0.1) is 6.58 Å². The molecule has 0 unspecified atom stereocenters. The Labute approximate surface area is 161 Å². The van der Waals surface area contributed by atoms with Crippen LogP contribution in [0.5, 0.6) is 0 Å². The van der Waals surface area contributed by atoms with E-state index in [1.807, 2.05) is 0 Å². The van der Waals surface area contributed by atoms with E-state index in [-0.39, 0.29) is 0 Å². The van der Waals surface area contributed by atoms with Crippen LogP contribution in [-0.4, -0.2) is 85.3 Å². The van der Waals surface area contributed by atoms with Gasteiger partial charge < -0.3 is 44.6 Å². The summed E-state index contributed by atoms with van der Waals surface area (Å²) >= 11 is 0. The van der Waals surface area contributed by atoms with Crippen LogP contribution in [0.4, 0.5) is 0 Å². The molecule has 0 aromatic rings. The fourth-order valence-electron chi connectivity index (χ4n) is 1.27. The second kappa shape index (κ2) is 10.6. The first-order chi connectivity index (χ1) is 11.7. The Morgan fingerprint density at radius 1 is 0.538 bits per heavy atom. The summed E-state index contributed by atoms with van der Waals surface area (Å²) in [7, 11) is -36.9. The highest BCUT2D eigenvalue weighted by Crippen LogP contribution is 2.00. The van der Waals surface area contributed by atoms with Gasteiger partial charge in [-0.1, -0.05) is 19.6 Å². The number of rotatable bonds is 11. The van der Waals surface area contributed by atoms with Crippen LogP contribution in [0.2, 0.25) is 19.6 Å². The van der Waals surface area contributed by atoms with Crippen LogP contribution in [-0.2, 0) is 44.6 Å². The fourth-order valence-corrected chi connectivity index (χ4v) is 113. The monoisotopic (exact) mass is 540 g/mol. The van der Waals surface area contributed by atoms with Crippen LogP contribution in [0.15, 0.2) is 12.3 Å². The molecular weight excluding hydrogens is 529 g/mol. The van der Waals surface area contributed by atoms with Gasteiger partial charge >= 0.3 is 77.7 Å². The molecule has 0 aliphatic carbocycles. The second-order valence-corrected chi connectivity index (χ2v) is 61.3. The maximum Gasteiger partial charge on any atom is 0.382 e. The Morgan fingerprint density at radius 3 is 1.08 bits per heavy atom. The second-order valence-electron chi connectivity index (χ2n) is 5.78. The summed E-state index contributed by atoms with van der Waals surface area (Å²) in [6.45, 7) is 7.93. The zero-order valence-electron chi connectivity index (χ0n) is 13.9. The van der Waals surface area contributed by atoms with Crippen molar-refractivity contribution in [3.05, 3.63) is 12.3 Å². The van der Waals surface area contributed by atoms with Crippen molar-refractivity contribution in [2.45, 2.75) is 19.6 Å². The van der Waals surface area contributed by atoms with Gasteiger partial charge in [0.1, 0.15) is 7.59 Å². The normalized spacial score (nSPS) is 10.3. The largest absolute Gasteiger partial charge is 0.389 e. The summed E-state index contributed by atoms with van der Waals surface area (Å²) < 4.78 is 119. The molecule has 0 fully saturated rings. The van der Waals surface area contributed by atoms with Crippen LogP contribution >= 0.6 is 0 Å². The average Bonchev–Trinajstić information content (AvgIpc) is 2.60. The van der Waals surface area contributed by atoms with Gasteiger partial charge in [0, 0.05) is 0 Å². The summed E-state index contributed by atoms with van der Waals surface area (Å²) in [6.07, 6.45) is 0. The van der Waals surface area contributed by atoms with Crippen molar-refractivity contribution in [1.82, 2.24) is 0 Å². The molecule has 0 radical (unpaired) electrons.